The number of nitrogens with one attached hydrogen (secondary N) is 1. The highest BCUT2D eigenvalue weighted by atomic mass is 19.1. The van der Waals surface area contributed by atoms with Crippen LogP contribution in [-0.2, 0) is 10.3 Å². The largest absolute Gasteiger partial charge is 0.377 e. The van der Waals surface area contributed by atoms with Crippen LogP contribution in [-0.4, -0.2) is 20.3 Å². The van der Waals surface area contributed by atoms with Crippen LogP contribution in [0.2, 0.25) is 0 Å². The summed E-state index contributed by atoms with van der Waals surface area (Å²) in [6.07, 6.45) is 0. The first-order valence-corrected chi connectivity index (χ1v) is 4.30. The molecule has 0 unspecified atom stereocenters. The zero-order valence-corrected chi connectivity index (χ0v) is 7.51. The summed E-state index contributed by atoms with van der Waals surface area (Å²) in [5.41, 5.74) is 0.398. The topological polar surface area (TPSA) is 21.3 Å². The highest BCUT2D eigenvalue weighted by Crippen LogP contribution is 2.30. The molecule has 0 atom stereocenters. The fourth-order valence-electron chi connectivity index (χ4n) is 1.59. The van der Waals surface area contributed by atoms with Gasteiger partial charge in [0.1, 0.15) is 5.82 Å². The van der Waals surface area contributed by atoms with Gasteiger partial charge in [-0.3, -0.25) is 0 Å². The van der Waals surface area contributed by atoms with Gasteiger partial charge in [-0.2, -0.15) is 0 Å². The van der Waals surface area contributed by atoms with Gasteiger partial charge in [-0.15, -0.1) is 0 Å². The van der Waals surface area contributed by atoms with Gasteiger partial charge in [-0.25, -0.2) is 4.39 Å². The van der Waals surface area contributed by atoms with Crippen LogP contribution in [0, 0.1) is 5.82 Å². The summed E-state index contributed by atoms with van der Waals surface area (Å²) < 4.78 is 18.5. The molecule has 2 rings (SSSR count). The zero-order valence-electron chi connectivity index (χ0n) is 7.51. The number of likely N-dealkylation sites (N-methyl/N-ethyl adjacent to an activating group) is 1. The maximum absolute atomic E-state index is 13.4. The maximum atomic E-state index is 13.4. The minimum absolute atomic E-state index is 0.167. The predicted octanol–water partition coefficient (Wildman–Crippen LogP) is 1.27. The summed E-state index contributed by atoms with van der Waals surface area (Å²) in [4.78, 5) is 0. The number of halogens is 1. The van der Waals surface area contributed by atoms with Gasteiger partial charge in [-0.1, -0.05) is 18.2 Å². The quantitative estimate of drug-likeness (QED) is 0.741. The highest BCUT2D eigenvalue weighted by Gasteiger charge is 2.40. The van der Waals surface area contributed by atoms with E-state index in [9.17, 15) is 4.39 Å². The minimum Gasteiger partial charge on any atom is -0.377 e. The second-order valence-electron chi connectivity index (χ2n) is 3.30. The van der Waals surface area contributed by atoms with E-state index in [1.165, 1.54) is 6.07 Å². The van der Waals surface area contributed by atoms with E-state index in [1.807, 2.05) is 13.1 Å². The van der Waals surface area contributed by atoms with Gasteiger partial charge in [0.05, 0.1) is 18.8 Å². The lowest BCUT2D eigenvalue weighted by Crippen LogP contribution is -2.56. The molecule has 1 aliphatic heterocycles. The van der Waals surface area contributed by atoms with E-state index in [1.54, 1.807) is 12.1 Å². The summed E-state index contributed by atoms with van der Waals surface area (Å²) in [6, 6.07) is 6.82. The van der Waals surface area contributed by atoms with E-state index in [0.717, 1.165) is 0 Å². The molecule has 1 saturated heterocycles. The summed E-state index contributed by atoms with van der Waals surface area (Å²) in [7, 11) is 1.83. The van der Waals surface area contributed by atoms with Crippen LogP contribution in [0.15, 0.2) is 24.3 Å². The van der Waals surface area contributed by atoms with Crippen molar-refractivity contribution >= 4 is 0 Å². The average molecular weight is 181 g/mol. The first-order valence-electron chi connectivity index (χ1n) is 4.30. The van der Waals surface area contributed by atoms with Crippen molar-refractivity contribution in [3.05, 3.63) is 35.6 Å². The fourth-order valence-corrected chi connectivity index (χ4v) is 1.59. The van der Waals surface area contributed by atoms with Crippen LogP contribution < -0.4 is 5.32 Å². The van der Waals surface area contributed by atoms with Gasteiger partial charge in [0.15, 0.2) is 0 Å². The lowest BCUT2D eigenvalue weighted by atomic mass is 9.88. The molecule has 1 aromatic rings. The molecule has 3 heteroatoms. The maximum Gasteiger partial charge on any atom is 0.128 e. The van der Waals surface area contributed by atoms with Crippen molar-refractivity contribution in [2.45, 2.75) is 5.54 Å². The Morgan fingerprint density at radius 1 is 1.38 bits per heavy atom. The number of hydrogen-bond acceptors (Lipinski definition) is 2. The zero-order chi connectivity index (χ0) is 9.31. The van der Waals surface area contributed by atoms with Gasteiger partial charge in [-0.05, 0) is 13.1 Å². The summed E-state index contributed by atoms with van der Waals surface area (Å²) in [5.74, 6) is -0.167. The molecule has 1 aliphatic rings. The Hall–Kier alpha value is -0.930. The van der Waals surface area contributed by atoms with E-state index in [0.29, 0.717) is 18.8 Å². The molecule has 13 heavy (non-hydrogen) atoms. The van der Waals surface area contributed by atoms with E-state index in [-0.39, 0.29) is 11.4 Å². The Bertz CT molecular complexity index is 304. The minimum atomic E-state index is -0.300. The molecule has 0 aromatic heterocycles. The number of benzene rings is 1. The van der Waals surface area contributed by atoms with Crippen molar-refractivity contribution in [2.24, 2.45) is 0 Å². The third-order valence-electron chi connectivity index (χ3n) is 2.56. The Balaban J connectivity index is 2.38. The van der Waals surface area contributed by atoms with Crippen molar-refractivity contribution in [1.29, 1.82) is 0 Å². The third-order valence-corrected chi connectivity index (χ3v) is 2.56. The van der Waals surface area contributed by atoms with E-state index in [4.69, 9.17) is 4.74 Å². The molecule has 0 spiro atoms. The second kappa shape index (κ2) is 3.09. The van der Waals surface area contributed by atoms with Gasteiger partial charge < -0.3 is 10.1 Å². The molecule has 1 N–H and O–H groups in total. The molecule has 0 radical (unpaired) electrons. The van der Waals surface area contributed by atoms with Crippen molar-refractivity contribution in [3.63, 3.8) is 0 Å². The molecule has 1 fully saturated rings. The van der Waals surface area contributed by atoms with Crippen molar-refractivity contribution in [1.82, 2.24) is 5.32 Å². The van der Waals surface area contributed by atoms with Gasteiger partial charge in [0.25, 0.3) is 0 Å². The smallest absolute Gasteiger partial charge is 0.128 e. The summed E-state index contributed by atoms with van der Waals surface area (Å²) in [6.45, 7) is 1.09. The van der Waals surface area contributed by atoms with Gasteiger partial charge in [0, 0.05) is 5.56 Å². The summed E-state index contributed by atoms with van der Waals surface area (Å²) in [5, 5.41) is 3.11. The fraction of sp³-hybridized carbons (Fsp3) is 0.400. The summed E-state index contributed by atoms with van der Waals surface area (Å²) >= 11 is 0. The molecular weight excluding hydrogens is 169 g/mol. The van der Waals surface area contributed by atoms with E-state index in [2.05, 4.69) is 5.32 Å². The van der Waals surface area contributed by atoms with E-state index >= 15 is 0 Å². The van der Waals surface area contributed by atoms with Crippen LogP contribution in [0.3, 0.4) is 0 Å². The lowest BCUT2D eigenvalue weighted by molar-refractivity contribution is -0.0763. The van der Waals surface area contributed by atoms with Crippen LogP contribution in [0.1, 0.15) is 5.56 Å². The van der Waals surface area contributed by atoms with Gasteiger partial charge >= 0.3 is 0 Å². The van der Waals surface area contributed by atoms with Crippen molar-refractivity contribution in [2.75, 3.05) is 20.3 Å². The van der Waals surface area contributed by atoms with Crippen LogP contribution >= 0.6 is 0 Å². The molecule has 1 heterocycles. The highest BCUT2D eigenvalue weighted by molar-refractivity contribution is 5.28. The van der Waals surface area contributed by atoms with Crippen LogP contribution in [0.5, 0.6) is 0 Å². The molecule has 70 valence electrons. The van der Waals surface area contributed by atoms with Gasteiger partial charge in [0.2, 0.25) is 0 Å². The molecule has 0 aliphatic carbocycles. The number of hydrogen-bond donors (Lipinski definition) is 1. The third kappa shape index (κ3) is 1.24. The molecule has 0 saturated carbocycles. The molecule has 0 bridgehead atoms. The number of ether oxygens (including phenoxy) is 1. The Kier molecular flexibility index (Phi) is 2.06. The standard InChI is InChI=1S/C10H12FNO/c1-12-10(6-13-7-10)8-4-2-3-5-9(8)11/h2-5,12H,6-7H2,1H3. The van der Waals surface area contributed by atoms with Crippen molar-refractivity contribution in [3.8, 4) is 0 Å². The lowest BCUT2D eigenvalue weighted by Gasteiger charge is -2.41. The Morgan fingerprint density at radius 2 is 2.08 bits per heavy atom. The molecule has 0 amide bonds. The first kappa shape index (κ1) is 8.66. The van der Waals surface area contributed by atoms with E-state index < -0.39 is 0 Å². The van der Waals surface area contributed by atoms with Crippen molar-refractivity contribution < 1.29 is 9.13 Å². The average Bonchev–Trinajstić information content (AvgIpc) is 2.07. The molecule has 2 nitrogen and oxygen atoms in total. The van der Waals surface area contributed by atoms with Crippen LogP contribution in [0.25, 0.3) is 0 Å². The molecular formula is C10H12FNO. The van der Waals surface area contributed by atoms with Crippen LogP contribution in [0.4, 0.5) is 4.39 Å². The first-order chi connectivity index (χ1) is 6.28. The Labute approximate surface area is 76.7 Å². The normalized spacial score (nSPS) is 19.5. The predicted molar refractivity (Wildman–Crippen MR) is 48.0 cm³/mol. The number of rotatable bonds is 2. The SMILES string of the molecule is CNC1(c2ccccc2F)COC1. The molecule has 1 aromatic carbocycles. The Morgan fingerprint density at radius 3 is 2.54 bits per heavy atom. The second-order valence-corrected chi connectivity index (χ2v) is 3.30. The monoisotopic (exact) mass is 181 g/mol.